The van der Waals surface area contributed by atoms with Crippen molar-refractivity contribution >= 4 is 0 Å². The standard InChI is InChI=1S/C25H22N2O4/c28-22-18-13-3-4-14(9-13)19(18)23(29)26(22)11-12-1-7-17(8-2-12)27-24(30)20-15-5-6-16(10-15)21(20)25(27)31/h1-8,13-16,28-31H,9-11H2. The van der Waals surface area contributed by atoms with Gasteiger partial charge in [-0.25, -0.2) is 0 Å². The highest BCUT2D eigenvalue weighted by molar-refractivity contribution is 5.62. The van der Waals surface area contributed by atoms with E-state index in [9.17, 15) is 20.4 Å². The maximum absolute atomic E-state index is 10.8. The van der Waals surface area contributed by atoms with Crippen LogP contribution in [0.1, 0.15) is 64.3 Å². The first-order valence-corrected chi connectivity index (χ1v) is 10.8. The molecular weight excluding hydrogens is 392 g/mol. The summed E-state index contributed by atoms with van der Waals surface area (Å²) in [6.45, 7) is 0.346. The van der Waals surface area contributed by atoms with E-state index in [0.717, 1.165) is 40.7 Å². The smallest absolute Gasteiger partial charge is 0.202 e. The van der Waals surface area contributed by atoms with Crippen LogP contribution in [-0.2, 0) is 6.54 Å². The fraction of sp³-hybridized carbons (Fsp3) is 0.280. The summed E-state index contributed by atoms with van der Waals surface area (Å²) in [5, 5.41) is 43.1. The Morgan fingerprint density at radius 1 is 0.613 bits per heavy atom. The SMILES string of the molecule is Oc1c2c(c(O)n1Cc1ccc(-n3c(O)c4c(c3O)C3C=CC4C3)cc1)C1C=CC2C1. The van der Waals surface area contributed by atoms with Crippen LogP contribution in [0.5, 0.6) is 23.5 Å². The Balaban J connectivity index is 1.22. The molecule has 2 heterocycles. The molecule has 31 heavy (non-hydrogen) atoms. The van der Waals surface area contributed by atoms with E-state index in [-0.39, 0.29) is 47.2 Å². The third-order valence-corrected chi connectivity index (χ3v) is 7.66. The summed E-state index contributed by atoms with van der Waals surface area (Å²) >= 11 is 0. The first-order valence-electron chi connectivity index (χ1n) is 10.8. The molecule has 0 saturated heterocycles. The van der Waals surface area contributed by atoms with Gasteiger partial charge in [0.2, 0.25) is 11.8 Å². The van der Waals surface area contributed by atoms with Gasteiger partial charge in [0, 0.05) is 45.9 Å². The zero-order valence-corrected chi connectivity index (χ0v) is 16.7. The molecule has 6 heteroatoms. The van der Waals surface area contributed by atoms with Crippen LogP contribution >= 0.6 is 0 Å². The number of aromatic hydroxyl groups is 4. The summed E-state index contributed by atoms with van der Waals surface area (Å²) in [6, 6.07) is 7.47. The minimum Gasteiger partial charge on any atom is -0.494 e. The summed E-state index contributed by atoms with van der Waals surface area (Å²) in [5.74, 6) is 1.26. The van der Waals surface area contributed by atoms with Crippen molar-refractivity contribution in [2.75, 3.05) is 0 Å². The number of rotatable bonds is 3. The lowest BCUT2D eigenvalue weighted by Gasteiger charge is -2.12. The van der Waals surface area contributed by atoms with Gasteiger partial charge in [-0.05, 0) is 30.5 Å². The van der Waals surface area contributed by atoms with Crippen LogP contribution in [0, 0.1) is 0 Å². The molecule has 4 bridgehead atoms. The summed E-state index contributed by atoms with van der Waals surface area (Å²) in [5.41, 5.74) is 4.99. The number of fused-ring (bicyclic) bond motifs is 10. The Labute approximate surface area is 178 Å². The quantitative estimate of drug-likeness (QED) is 0.477. The highest BCUT2D eigenvalue weighted by Crippen LogP contribution is 2.58. The van der Waals surface area contributed by atoms with Crippen LogP contribution in [0.25, 0.3) is 5.69 Å². The largest absolute Gasteiger partial charge is 0.494 e. The van der Waals surface area contributed by atoms with Gasteiger partial charge in [-0.15, -0.1) is 0 Å². The van der Waals surface area contributed by atoms with Crippen molar-refractivity contribution in [1.29, 1.82) is 0 Å². The monoisotopic (exact) mass is 414 g/mol. The van der Waals surface area contributed by atoms with Crippen LogP contribution < -0.4 is 0 Å². The van der Waals surface area contributed by atoms with E-state index in [4.69, 9.17) is 0 Å². The predicted octanol–water partition coefficient (Wildman–Crippen LogP) is 4.43. The lowest BCUT2D eigenvalue weighted by atomic mass is 10.0. The molecule has 0 saturated carbocycles. The molecule has 3 aromatic rings. The van der Waals surface area contributed by atoms with E-state index in [1.54, 1.807) is 4.57 Å². The van der Waals surface area contributed by atoms with Gasteiger partial charge in [0.05, 0.1) is 12.2 Å². The number of nitrogens with zero attached hydrogens (tertiary/aromatic N) is 2. The second-order valence-electron chi connectivity index (χ2n) is 9.20. The zero-order chi connectivity index (χ0) is 21.0. The average molecular weight is 414 g/mol. The number of aromatic nitrogens is 2. The summed E-state index contributed by atoms with van der Waals surface area (Å²) in [4.78, 5) is 0. The average Bonchev–Trinajstić information content (AvgIpc) is 3.59. The number of benzene rings is 1. The van der Waals surface area contributed by atoms with Crippen molar-refractivity contribution in [2.24, 2.45) is 0 Å². The molecule has 4 unspecified atom stereocenters. The van der Waals surface area contributed by atoms with Gasteiger partial charge in [0.1, 0.15) is 0 Å². The molecule has 4 aliphatic carbocycles. The van der Waals surface area contributed by atoms with E-state index in [2.05, 4.69) is 24.3 Å². The number of allylic oxidation sites excluding steroid dienone is 4. The minimum atomic E-state index is 0.109. The Morgan fingerprint density at radius 2 is 1.03 bits per heavy atom. The molecule has 7 rings (SSSR count). The summed E-state index contributed by atoms with van der Waals surface area (Å²) < 4.78 is 3.07. The molecular formula is C25H22N2O4. The first-order chi connectivity index (χ1) is 15.0. The number of hydrogen-bond donors (Lipinski definition) is 4. The van der Waals surface area contributed by atoms with Crippen molar-refractivity contribution in [3.8, 4) is 29.2 Å². The van der Waals surface area contributed by atoms with Crippen molar-refractivity contribution < 1.29 is 20.4 Å². The van der Waals surface area contributed by atoms with E-state index in [1.165, 1.54) is 4.57 Å². The maximum atomic E-state index is 10.8. The van der Waals surface area contributed by atoms with E-state index < -0.39 is 0 Å². The lowest BCUT2D eigenvalue weighted by molar-refractivity contribution is 0.370. The van der Waals surface area contributed by atoms with Crippen molar-refractivity contribution in [2.45, 2.75) is 43.1 Å². The molecule has 0 radical (unpaired) electrons. The molecule has 2 aromatic heterocycles. The molecule has 0 fully saturated rings. The third-order valence-electron chi connectivity index (χ3n) is 7.66. The molecule has 4 aliphatic rings. The third kappa shape index (κ3) is 2.02. The lowest BCUT2D eigenvalue weighted by Crippen LogP contribution is -2.01. The van der Waals surface area contributed by atoms with Gasteiger partial charge in [0.15, 0.2) is 11.8 Å². The topological polar surface area (TPSA) is 90.8 Å². The molecule has 156 valence electrons. The van der Waals surface area contributed by atoms with Crippen LogP contribution in [0.2, 0.25) is 0 Å². The molecule has 1 aromatic carbocycles. The van der Waals surface area contributed by atoms with E-state index in [0.29, 0.717) is 12.2 Å². The van der Waals surface area contributed by atoms with Gasteiger partial charge in [0.25, 0.3) is 0 Å². The van der Waals surface area contributed by atoms with Gasteiger partial charge >= 0.3 is 0 Å². The summed E-state index contributed by atoms with van der Waals surface area (Å²) in [6.07, 6.45) is 10.3. The predicted molar refractivity (Wildman–Crippen MR) is 114 cm³/mol. The Morgan fingerprint density at radius 3 is 1.48 bits per heavy atom. The Kier molecular flexibility index (Phi) is 3.09. The zero-order valence-electron chi connectivity index (χ0n) is 16.7. The molecule has 0 aliphatic heterocycles. The molecule has 6 nitrogen and oxygen atoms in total. The van der Waals surface area contributed by atoms with Crippen molar-refractivity contribution in [3.05, 3.63) is 76.4 Å². The molecule has 4 N–H and O–H groups in total. The first kappa shape index (κ1) is 17.2. The number of hydrogen-bond acceptors (Lipinski definition) is 4. The fourth-order valence-corrected chi connectivity index (χ4v) is 6.26. The second kappa shape index (κ2) is 5.58. The highest BCUT2D eigenvalue weighted by atomic mass is 16.3. The van der Waals surface area contributed by atoms with E-state index >= 15 is 0 Å². The minimum absolute atomic E-state index is 0.109. The van der Waals surface area contributed by atoms with Crippen LogP contribution in [0.15, 0.2) is 48.6 Å². The van der Waals surface area contributed by atoms with Gasteiger partial charge in [-0.1, -0.05) is 36.4 Å². The summed E-state index contributed by atoms with van der Waals surface area (Å²) in [7, 11) is 0. The molecule has 4 atom stereocenters. The van der Waals surface area contributed by atoms with Gasteiger partial charge in [-0.3, -0.25) is 9.13 Å². The Bertz CT molecular complexity index is 1250. The fourth-order valence-electron chi connectivity index (χ4n) is 6.26. The maximum Gasteiger partial charge on any atom is 0.202 e. The normalized spacial score (nSPS) is 26.2. The van der Waals surface area contributed by atoms with Crippen molar-refractivity contribution in [3.63, 3.8) is 0 Å². The van der Waals surface area contributed by atoms with Gasteiger partial charge < -0.3 is 20.4 Å². The van der Waals surface area contributed by atoms with Crippen LogP contribution in [0.3, 0.4) is 0 Å². The Hall–Kier alpha value is -3.54. The van der Waals surface area contributed by atoms with Crippen LogP contribution in [-0.4, -0.2) is 29.6 Å². The second-order valence-corrected chi connectivity index (χ2v) is 9.20. The van der Waals surface area contributed by atoms with Crippen LogP contribution in [0.4, 0.5) is 0 Å². The molecule has 0 amide bonds. The van der Waals surface area contributed by atoms with Gasteiger partial charge in [-0.2, -0.15) is 0 Å². The van der Waals surface area contributed by atoms with E-state index in [1.807, 2.05) is 24.3 Å². The molecule has 0 spiro atoms. The van der Waals surface area contributed by atoms with Crippen molar-refractivity contribution in [1.82, 2.24) is 9.13 Å². The highest BCUT2D eigenvalue weighted by Gasteiger charge is 2.42.